The molecule has 10 aromatic carbocycles. The van der Waals surface area contributed by atoms with E-state index < -0.39 is 0 Å². The minimum absolute atomic E-state index is 0.414. The number of fused-ring (bicyclic) bond motifs is 7. The first-order valence-corrected chi connectivity index (χ1v) is 30.9. The molecule has 0 saturated carbocycles. The van der Waals surface area contributed by atoms with Crippen molar-refractivity contribution in [3.05, 3.63) is 249 Å². The Morgan fingerprint density at radius 3 is 1.36 bits per heavy atom. The van der Waals surface area contributed by atoms with Gasteiger partial charge in [-0.3, -0.25) is 0 Å². The molecule has 3 aliphatic heterocycles. The quantitative estimate of drug-likeness (QED) is 0.143. The molecule has 13 aromatic rings. The molecule has 0 unspecified atom stereocenters. The van der Waals surface area contributed by atoms with Crippen LogP contribution < -0.4 is 24.2 Å². The Labute approximate surface area is 516 Å². The zero-order valence-corrected chi connectivity index (χ0v) is 49.6. The smallest absolute Gasteiger partial charge is 0.119 e. The molecule has 3 aromatic heterocycles. The average Bonchev–Trinajstić information content (AvgIpc) is 1.60. The molecule has 0 amide bonds. The van der Waals surface area contributed by atoms with Crippen LogP contribution >= 0.6 is 11.3 Å². The predicted molar refractivity (Wildman–Crippen MR) is 361 cm³/mol. The van der Waals surface area contributed by atoms with E-state index in [0.29, 0.717) is 79.2 Å². The number of pyridine rings is 2. The summed E-state index contributed by atoms with van der Waals surface area (Å²) in [4.78, 5) is 17.4. The van der Waals surface area contributed by atoms with Crippen LogP contribution in [-0.4, -0.2) is 89.1 Å². The maximum Gasteiger partial charge on any atom is 0.119 e. The van der Waals surface area contributed by atoms with Gasteiger partial charge in [-0.15, -0.1) is 11.3 Å². The normalized spacial score (nSPS) is 14.2. The Kier molecular flexibility index (Phi) is 16.9. The Morgan fingerprint density at radius 2 is 0.807 bits per heavy atom. The van der Waals surface area contributed by atoms with Gasteiger partial charge in [0, 0.05) is 94.7 Å². The van der Waals surface area contributed by atoms with Crippen molar-refractivity contribution < 1.29 is 28.4 Å². The average molecular weight is 1180 g/mol. The van der Waals surface area contributed by atoms with Crippen molar-refractivity contribution in [2.24, 2.45) is 0 Å². The molecule has 0 fully saturated rings. The van der Waals surface area contributed by atoms with Crippen LogP contribution in [0.5, 0.6) is 11.5 Å². The Balaban J connectivity index is 0.698. The molecule has 0 atom stereocenters. The second kappa shape index (κ2) is 26.5. The highest BCUT2D eigenvalue weighted by Crippen LogP contribution is 2.48. The van der Waals surface area contributed by atoms with Gasteiger partial charge in [0.05, 0.1) is 81.0 Å². The zero-order chi connectivity index (χ0) is 58.9. The summed E-state index contributed by atoms with van der Waals surface area (Å²) in [7, 11) is 0. The van der Waals surface area contributed by atoms with Gasteiger partial charge in [-0.1, -0.05) is 115 Å². The first-order valence-electron chi connectivity index (χ1n) is 30.1. The van der Waals surface area contributed by atoms with Gasteiger partial charge in [-0.2, -0.15) is 0 Å². The molecule has 3 aliphatic rings. The predicted octanol–water partition coefficient (Wildman–Crippen LogP) is 17.9. The summed E-state index contributed by atoms with van der Waals surface area (Å²) in [6.07, 6.45) is 0. The topological polar surface area (TPSA) is 90.9 Å². The third-order valence-corrected chi connectivity index (χ3v) is 17.1. The van der Waals surface area contributed by atoms with Crippen molar-refractivity contribution >= 4 is 104 Å². The lowest BCUT2D eigenvalue weighted by Gasteiger charge is -2.29. The lowest BCUT2D eigenvalue weighted by molar-refractivity contribution is 0.0347. The SMILES string of the molecule is c1ccc(N(c2cccc(N3CCOCCOCCOc4ccc(cc4)-c4ccc5ccc6ccc(nc6c5n4)-c4ccc(cc4)OCCOCCOCC3)c2)c2ccc3c(c2)sc2cc(N(c4ccccc4)c4ccccc4)c4ccccc4c23)cc1. The number of para-hydroxylation sites is 3. The number of nitrogens with zero attached hydrogens (tertiary/aromatic N) is 5. The van der Waals surface area contributed by atoms with Crippen molar-refractivity contribution in [1.82, 2.24) is 9.97 Å². The lowest BCUT2D eigenvalue weighted by Crippen LogP contribution is -2.31. The van der Waals surface area contributed by atoms with E-state index in [0.717, 1.165) is 95.6 Å². The van der Waals surface area contributed by atoms with Crippen molar-refractivity contribution in [2.45, 2.75) is 0 Å². The van der Waals surface area contributed by atoms with Crippen LogP contribution in [0.25, 0.3) is 75.3 Å². The van der Waals surface area contributed by atoms with Crippen LogP contribution in [0, 0.1) is 0 Å². The maximum absolute atomic E-state index is 6.25. The van der Waals surface area contributed by atoms with Crippen molar-refractivity contribution in [3.63, 3.8) is 0 Å². The number of thiophene rings is 1. The monoisotopic (exact) mass is 1180 g/mol. The molecule has 6 heterocycles. The fraction of sp³-hybridized carbons (Fsp3) is 0.158. The molecule has 0 radical (unpaired) electrons. The van der Waals surface area contributed by atoms with Crippen LogP contribution in [0.15, 0.2) is 249 Å². The van der Waals surface area contributed by atoms with Crippen LogP contribution in [0.1, 0.15) is 0 Å². The highest BCUT2D eigenvalue weighted by atomic mass is 32.1. The number of hydrogen-bond donors (Lipinski definition) is 0. The summed E-state index contributed by atoms with van der Waals surface area (Å²) in [5.74, 6) is 1.53. The van der Waals surface area contributed by atoms with Crippen LogP contribution in [0.2, 0.25) is 0 Å². The Morgan fingerprint density at radius 1 is 0.341 bits per heavy atom. The van der Waals surface area contributed by atoms with E-state index in [1.54, 1.807) is 0 Å². The van der Waals surface area contributed by atoms with E-state index in [9.17, 15) is 0 Å². The molecule has 0 saturated heterocycles. The summed E-state index contributed by atoms with van der Waals surface area (Å²) >= 11 is 1.84. The summed E-state index contributed by atoms with van der Waals surface area (Å²) < 4.78 is 39.1. The largest absolute Gasteiger partial charge is 0.491 e. The van der Waals surface area contributed by atoms with Gasteiger partial charge in [0.2, 0.25) is 0 Å². The van der Waals surface area contributed by atoms with Crippen LogP contribution in [0.4, 0.5) is 39.8 Å². The number of rotatable bonds is 7. The molecule has 436 valence electrons. The summed E-state index contributed by atoms with van der Waals surface area (Å²) in [6, 6.07) is 87.5. The van der Waals surface area contributed by atoms with E-state index in [-0.39, 0.29) is 0 Å². The number of aromatic nitrogens is 2. The standard InChI is InChI=1S/C76H65N5O6S/c1-4-13-58(14-5-1)80(63-31-36-68-72(52-63)88-73-53-71(66-21-10-11-22-67(66)74(68)73)81(59-15-6-2-7-16-59)60-17-8-3-9-18-60)62-20-12-19-61(51-62)79-39-41-82-43-45-84-47-49-86-64-32-25-54(26-33-64)69-37-29-56-23-24-57-30-38-70(78-76(57)75(56)77-69)55-27-34-65(35-28-55)87-50-48-85-46-44-83-42-40-79/h1-38,51-53H,39-50H2. The number of anilines is 7. The van der Waals surface area contributed by atoms with E-state index in [4.69, 9.17) is 38.4 Å². The molecular formula is C76H65N5O6S. The fourth-order valence-corrected chi connectivity index (χ4v) is 12.9. The van der Waals surface area contributed by atoms with Gasteiger partial charge in [0.15, 0.2) is 0 Å². The summed E-state index contributed by atoms with van der Waals surface area (Å²) in [5, 5.41) is 7.00. The molecule has 8 bridgehead atoms. The lowest BCUT2D eigenvalue weighted by atomic mass is 10.0. The van der Waals surface area contributed by atoms with Gasteiger partial charge in [0.25, 0.3) is 0 Å². The summed E-state index contributed by atoms with van der Waals surface area (Å²) in [6.45, 7) is 5.78. The Hall–Kier alpha value is -9.66. The van der Waals surface area contributed by atoms with Gasteiger partial charge >= 0.3 is 0 Å². The van der Waals surface area contributed by atoms with E-state index >= 15 is 0 Å². The molecule has 11 nitrogen and oxygen atoms in total. The first-order chi connectivity index (χ1) is 43.6. The number of benzene rings is 10. The first kappa shape index (κ1) is 56.2. The van der Waals surface area contributed by atoms with E-state index in [2.05, 4.69) is 215 Å². The van der Waals surface area contributed by atoms with Gasteiger partial charge in [-0.25, -0.2) is 9.97 Å². The fourth-order valence-electron chi connectivity index (χ4n) is 11.7. The van der Waals surface area contributed by atoms with Crippen LogP contribution in [-0.2, 0) is 18.9 Å². The van der Waals surface area contributed by atoms with Crippen molar-refractivity contribution in [2.75, 3.05) is 93.9 Å². The molecule has 0 N–H and O–H groups in total. The molecule has 0 spiro atoms. The highest BCUT2D eigenvalue weighted by molar-refractivity contribution is 7.26. The maximum atomic E-state index is 6.25. The van der Waals surface area contributed by atoms with Gasteiger partial charge in [0.1, 0.15) is 24.7 Å². The van der Waals surface area contributed by atoms with Crippen molar-refractivity contribution in [3.8, 4) is 34.0 Å². The molecule has 12 heteroatoms. The molecule has 16 rings (SSSR count). The van der Waals surface area contributed by atoms with E-state index in [1.165, 1.54) is 30.9 Å². The zero-order valence-electron chi connectivity index (χ0n) is 48.8. The third kappa shape index (κ3) is 12.3. The van der Waals surface area contributed by atoms with Gasteiger partial charge < -0.3 is 43.1 Å². The van der Waals surface area contributed by atoms with Crippen LogP contribution in [0.3, 0.4) is 0 Å². The minimum atomic E-state index is 0.414. The number of hydrogen-bond acceptors (Lipinski definition) is 12. The summed E-state index contributed by atoms with van der Waals surface area (Å²) in [5.41, 5.74) is 13.0. The second-order valence-electron chi connectivity index (χ2n) is 21.6. The molecular weight excluding hydrogens is 1110 g/mol. The second-order valence-corrected chi connectivity index (χ2v) is 22.7. The molecule has 0 aliphatic carbocycles. The number of ether oxygens (including phenoxy) is 6. The van der Waals surface area contributed by atoms with Crippen molar-refractivity contribution in [1.29, 1.82) is 0 Å². The molecule has 88 heavy (non-hydrogen) atoms. The third-order valence-electron chi connectivity index (χ3n) is 16.0. The van der Waals surface area contributed by atoms with Gasteiger partial charge in [-0.05, 0) is 139 Å². The van der Waals surface area contributed by atoms with E-state index in [1.807, 2.05) is 59.9 Å². The Bertz CT molecular complexity index is 4330. The minimum Gasteiger partial charge on any atom is -0.491 e. The highest BCUT2D eigenvalue weighted by Gasteiger charge is 2.22.